The van der Waals surface area contributed by atoms with E-state index in [0.717, 1.165) is 18.4 Å². The number of benzene rings is 1. The van der Waals surface area contributed by atoms with Gasteiger partial charge in [0.05, 0.1) is 18.2 Å². The van der Waals surface area contributed by atoms with E-state index in [1.54, 1.807) is 13.2 Å². The van der Waals surface area contributed by atoms with Crippen molar-refractivity contribution >= 4 is 11.8 Å². The number of carbonyl (C=O) groups is 1. The Morgan fingerprint density at radius 1 is 1.38 bits per heavy atom. The zero-order valence-electron chi connectivity index (χ0n) is 12.9. The smallest absolute Gasteiger partial charge is 0.412 e. The molecule has 21 heavy (non-hydrogen) atoms. The number of terminal acetylenes is 1. The van der Waals surface area contributed by atoms with Crippen LogP contribution in [0.5, 0.6) is 5.75 Å². The molecule has 0 radical (unpaired) electrons. The van der Waals surface area contributed by atoms with Gasteiger partial charge in [0.1, 0.15) is 11.4 Å². The van der Waals surface area contributed by atoms with Gasteiger partial charge in [0.25, 0.3) is 0 Å². The third kappa shape index (κ3) is 3.49. The number of hydrogen-bond acceptors (Lipinski definition) is 3. The van der Waals surface area contributed by atoms with Gasteiger partial charge >= 0.3 is 6.09 Å². The first-order chi connectivity index (χ1) is 9.79. The minimum atomic E-state index is -0.549. The van der Waals surface area contributed by atoms with Crippen molar-refractivity contribution in [2.45, 2.75) is 44.6 Å². The second-order valence-corrected chi connectivity index (χ2v) is 6.26. The Balaban J connectivity index is 2.28. The van der Waals surface area contributed by atoms with Crippen LogP contribution in [-0.2, 0) is 10.2 Å². The number of ether oxygens (including phenoxy) is 2. The lowest BCUT2D eigenvalue weighted by Gasteiger charge is -2.21. The topological polar surface area (TPSA) is 47.6 Å². The van der Waals surface area contributed by atoms with Crippen LogP contribution in [0.4, 0.5) is 10.5 Å². The number of amides is 1. The molecule has 0 aromatic heterocycles. The predicted octanol–water partition coefficient (Wildman–Crippen LogP) is 3.71. The van der Waals surface area contributed by atoms with Gasteiger partial charge in [0, 0.05) is 6.07 Å². The lowest BCUT2D eigenvalue weighted by molar-refractivity contribution is 0.0636. The van der Waals surface area contributed by atoms with Crippen LogP contribution in [0, 0.1) is 12.3 Å². The summed E-state index contributed by atoms with van der Waals surface area (Å²) in [6.07, 6.45) is 7.01. The number of methoxy groups -OCH3 is 1. The fraction of sp³-hybridized carbons (Fsp3) is 0.471. The molecule has 112 valence electrons. The predicted molar refractivity (Wildman–Crippen MR) is 82.6 cm³/mol. The SMILES string of the molecule is C#CC1(c2ccc(OC)cc2NC(=O)OC(C)(C)C)CC1. The van der Waals surface area contributed by atoms with Gasteiger partial charge in [-0.15, -0.1) is 6.42 Å². The molecule has 0 unspecified atom stereocenters. The zero-order chi connectivity index (χ0) is 15.7. The minimum Gasteiger partial charge on any atom is -0.497 e. The molecule has 1 aromatic carbocycles. The molecule has 0 bridgehead atoms. The average Bonchev–Trinajstić information content (AvgIpc) is 3.17. The van der Waals surface area contributed by atoms with Crippen LogP contribution in [0.3, 0.4) is 0 Å². The number of anilines is 1. The standard InChI is InChI=1S/C17H21NO3/c1-6-17(9-10-17)13-8-7-12(20-5)11-14(13)18-15(19)21-16(2,3)4/h1,7-8,11H,9-10H2,2-5H3,(H,18,19). The summed E-state index contributed by atoms with van der Waals surface area (Å²) < 4.78 is 10.5. The number of carbonyl (C=O) groups excluding carboxylic acids is 1. The summed E-state index contributed by atoms with van der Waals surface area (Å²) in [6.45, 7) is 5.47. The molecule has 0 spiro atoms. The summed E-state index contributed by atoms with van der Waals surface area (Å²) in [5.41, 5.74) is 0.777. The van der Waals surface area contributed by atoms with Crippen molar-refractivity contribution in [2.75, 3.05) is 12.4 Å². The van der Waals surface area contributed by atoms with Gasteiger partial charge in [-0.1, -0.05) is 12.0 Å². The van der Waals surface area contributed by atoms with Crippen molar-refractivity contribution in [3.8, 4) is 18.1 Å². The van der Waals surface area contributed by atoms with Gasteiger partial charge in [-0.3, -0.25) is 5.32 Å². The Morgan fingerprint density at radius 3 is 2.52 bits per heavy atom. The van der Waals surface area contributed by atoms with E-state index in [9.17, 15) is 4.79 Å². The minimum absolute atomic E-state index is 0.267. The van der Waals surface area contributed by atoms with Crippen molar-refractivity contribution < 1.29 is 14.3 Å². The van der Waals surface area contributed by atoms with Crippen LogP contribution in [0.1, 0.15) is 39.2 Å². The lowest BCUT2D eigenvalue weighted by atomic mass is 9.95. The molecule has 0 atom stereocenters. The fourth-order valence-electron chi connectivity index (χ4n) is 2.20. The number of rotatable bonds is 3. The summed E-state index contributed by atoms with van der Waals surface area (Å²) in [7, 11) is 1.58. The largest absolute Gasteiger partial charge is 0.497 e. The number of nitrogens with one attached hydrogen (secondary N) is 1. The van der Waals surface area contributed by atoms with E-state index < -0.39 is 11.7 Å². The van der Waals surface area contributed by atoms with E-state index in [0.29, 0.717) is 11.4 Å². The Kier molecular flexibility index (Phi) is 3.87. The quantitative estimate of drug-likeness (QED) is 0.862. The molecule has 0 heterocycles. The molecule has 1 aromatic rings. The highest BCUT2D eigenvalue weighted by molar-refractivity contribution is 5.87. The Bertz CT molecular complexity index is 589. The van der Waals surface area contributed by atoms with Gasteiger partial charge in [0.15, 0.2) is 0 Å². The maximum atomic E-state index is 12.0. The van der Waals surface area contributed by atoms with Gasteiger partial charge in [0.2, 0.25) is 0 Å². The number of hydrogen-bond donors (Lipinski definition) is 1. The first-order valence-electron chi connectivity index (χ1n) is 6.96. The van der Waals surface area contributed by atoms with E-state index in [1.807, 2.05) is 32.9 Å². The summed E-state index contributed by atoms with van der Waals surface area (Å²) in [5, 5.41) is 2.79. The van der Waals surface area contributed by atoms with Crippen LogP contribution >= 0.6 is 0 Å². The maximum absolute atomic E-state index is 12.0. The highest BCUT2D eigenvalue weighted by Crippen LogP contribution is 2.50. The molecule has 1 N–H and O–H groups in total. The summed E-state index contributed by atoms with van der Waals surface area (Å²) in [6, 6.07) is 5.54. The molecule has 2 rings (SSSR count). The van der Waals surface area contributed by atoms with Crippen LogP contribution < -0.4 is 10.1 Å². The first-order valence-corrected chi connectivity index (χ1v) is 6.96. The molecular formula is C17H21NO3. The normalized spacial score (nSPS) is 15.8. The average molecular weight is 287 g/mol. The van der Waals surface area contributed by atoms with Crippen LogP contribution in [-0.4, -0.2) is 18.8 Å². The molecule has 1 amide bonds. The van der Waals surface area contributed by atoms with E-state index in [1.165, 1.54) is 0 Å². The monoisotopic (exact) mass is 287 g/mol. The van der Waals surface area contributed by atoms with Gasteiger partial charge in [-0.05, 0) is 45.2 Å². The molecule has 0 saturated heterocycles. The van der Waals surface area contributed by atoms with Crippen molar-refractivity contribution in [1.29, 1.82) is 0 Å². The molecular weight excluding hydrogens is 266 g/mol. The highest BCUT2D eigenvalue weighted by Gasteiger charge is 2.44. The third-order valence-corrected chi connectivity index (χ3v) is 3.40. The third-order valence-electron chi connectivity index (χ3n) is 3.40. The lowest BCUT2D eigenvalue weighted by Crippen LogP contribution is -2.28. The summed E-state index contributed by atoms with van der Waals surface area (Å²) in [4.78, 5) is 12.0. The van der Waals surface area contributed by atoms with E-state index >= 15 is 0 Å². The molecule has 1 saturated carbocycles. The van der Waals surface area contributed by atoms with Crippen molar-refractivity contribution in [2.24, 2.45) is 0 Å². The zero-order valence-corrected chi connectivity index (χ0v) is 12.9. The van der Waals surface area contributed by atoms with Crippen LogP contribution in [0.2, 0.25) is 0 Å². The van der Waals surface area contributed by atoms with E-state index in [4.69, 9.17) is 15.9 Å². The Labute approximate surface area is 125 Å². The Hall–Kier alpha value is -2.15. The van der Waals surface area contributed by atoms with Crippen molar-refractivity contribution in [1.82, 2.24) is 0 Å². The molecule has 4 nitrogen and oxygen atoms in total. The molecule has 1 aliphatic rings. The van der Waals surface area contributed by atoms with E-state index in [-0.39, 0.29) is 5.41 Å². The molecule has 0 aliphatic heterocycles. The van der Waals surface area contributed by atoms with Crippen LogP contribution in [0.25, 0.3) is 0 Å². The van der Waals surface area contributed by atoms with Gasteiger partial charge < -0.3 is 9.47 Å². The summed E-state index contributed by atoms with van der Waals surface area (Å²) >= 11 is 0. The first kappa shape index (κ1) is 15.2. The van der Waals surface area contributed by atoms with Gasteiger partial charge in [-0.25, -0.2) is 4.79 Å². The second-order valence-electron chi connectivity index (χ2n) is 6.26. The molecule has 4 heteroatoms. The van der Waals surface area contributed by atoms with Crippen molar-refractivity contribution in [3.05, 3.63) is 23.8 Å². The Morgan fingerprint density at radius 2 is 2.05 bits per heavy atom. The van der Waals surface area contributed by atoms with Gasteiger partial charge in [-0.2, -0.15) is 0 Å². The van der Waals surface area contributed by atoms with Crippen molar-refractivity contribution in [3.63, 3.8) is 0 Å². The molecule has 1 fully saturated rings. The fourth-order valence-corrected chi connectivity index (χ4v) is 2.20. The van der Waals surface area contributed by atoms with E-state index in [2.05, 4.69) is 11.2 Å². The maximum Gasteiger partial charge on any atom is 0.412 e. The second kappa shape index (κ2) is 5.33. The highest BCUT2D eigenvalue weighted by atomic mass is 16.6. The van der Waals surface area contributed by atoms with Crippen LogP contribution in [0.15, 0.2) is 18.2 Å². The molecule has 1 aliphatic carbocycles. The summed E-state index contributed by atoms with van der Waals surface area (Å²) in [5.74, 6) is 3.50.